The van der Waals surface area contributed by atoms with Crippen LogP contribution in [-0.4, -0.2) is 35.6 Å². The van der Waals surface area contributed by atoms with E-state index >= 15 is 0 Å². The van der Waals surface area contributed by atoms with Gasteiger partial charge in [-0.3, -0.25) is 4.68 Å². The van der Waals surface area contributed by atoms with Gasteiger partial charge in [-0.05, 0) is 41.8 Å². The Balaban J connectivity index is 1.88. The maximum Gasteiger partial charge on any atom is 0.119 e. The molecule has 0 aliphatic heterocycles. The molecule has 0 radical (unpaired) electrons. The maximum absolute atomic E-state index is 9.58. The minimum absolute atomic E-state index is 0.0803. The van der Waals surface area contributed by atoms with Crippen LogP contribution < -0.4 is 9.64 Å². The van der Waals surface area contributed by atoms with Gasteiger partial charge in [-0.25, -0.2) is 0 Å². The van der Waals surface area contributed by atoms with Gasteiger partial charge in [-0.2, -0.15) is 5.10 Å². The van der Waals surface area contributed by atoms with E-state index in [4.69, 9.17) is 4.74 Å². The molecule has 1 aromatic heterocycles. The van der Waals surface area contributed by atoms with Gasteiger partial charge in [0.25, 0.3) is 0 Å². The number of ether oxygens (including phenoxy) is 1. The van der Waals surface area contributed by atoms with Crippen molar-refractivity contribution in [3.05, 3.63) is 65.9 Å². The monoisotopic (exact) mass is 379 g/mol. The van der Waals surface area contributed by atoms with Crippen molar-refractivity contribution < 1.29 is 9.84 Å². The minimum Gasteiger partial charge on any atom is -0.493 e. The van der Waals surface area contributed by atoms with E-state index in [2.05, 4.69) is 48.1 Å². The lowest BCUT2D eigenvalue weighted by atomic mass is 10.1. The van der Waals surface area contributed by atoms with Gasteiger partial charge in [-0.15, -0.1) is 0 Å². The summed E-state index contributed by atoms with van der Waals surface area (Å²) in [4.78, 5) is 2.08. The van der Waals surface area contributed by atoms with Gasteiger partial charge >= 0.3 is 0 Å². The summed E-state index contributed by atoms with van der Waals surface area (Å²) in [5, 5.41) is 14.2. The molecule has 2 aromatic carbocycles. The highest BCUT2D eigenvalue weighted by Crippen LogP contribution is 2.26. The van der Waals surface area contributed by atoms with Gasteiger partial charge in [0.05, 0.1) is 31.1 Å². The summed E-state index contributed by atoms with van der Waals surface area (Å²) < 4.78 is 7.81. The average molecular weight is 380 g/mol. The second-order valence-electron chi connectivity index (χ2n) is 7.63. The number of nitrogens with zero attached hydrogens (tertiary/aromatic N) is 3. The van der Waals surface area contributed by atoms with Crippen LogP contribution in [0.25, 0.3) is 11.3 Å². The Hall–Kier alpha value is -2.79. The van der Waals surface area contributed by atoms with Gasteiger partial charge in [-0.1, -0.05) is 38.1 Å². The molecule has 28 heavy (non-hydrogen) atoms. The standard InChI is InChI=1S/C23H29N3O2/c1-17(2)16-28-22-7-5-6-19(12-22)23-13-20(15-27)24-26(23)14-18-8-10-21(11-9-18)25(3)4/h5-13,17,27H,14-16H2,1-4H3. The predicted octanol–water partition coefficient (Wildman–Crippen LogP) is 4.19. The number of benzene rings is 2. The molecule has 1 heterocycles. The van der Waals surface area contributed by atoms with Crippen molar-refractivity contribution in [2.45, 2.75) is 27.0 Å². The number of hydrogen-bond acceptors (Lipinski definition) is 4. The average Bonchev–Trinajstić information content (AvgIpc) is 3.10. The molecule has 0 amide bonds. The van der Waals surface area contributed by atoms with E-state index in [9.17, 15) is 5.11 Å². The van der Waals surface area contributed by atoms with E-state index in [1.807, 2.05) is 49.1 Å². The number of hydrogen-bond donors (Lipinski definition) is 1. The summed E-state index contributed by atoms with van der Waals surface area (Å²) >= 11 is 0. The molecule has 3 aromatic rings. The molecule has 1 N–H and O–H groups in total. The number of rotatable bonds is 8. The number of anilines is 1. The molecular weight excluding hydrogens is 350 g/mol. The van der Waals surface area contributed by atoms with Gasteiger partial charge in [0.1, 0.15) is 5.75 Å². The first-order valence-corrected chi connectivity index (χ1v) is 9.63. The summed E-state index contributed by atoms with van der Waals surface area (Å²) in [6.07, 6.45) is 0. The van der Waals surface area contributed by atoms with Crippen molar-refractivity contribution in [1.29, 1.82) is 0 Å². The second-order valence-corrected chi connectivity index (χ2v) is 7.63. The fourth-order valence-corrected chi connectivity index (χ4v) is 2.98. The van der Waals surface area contributed by atoms with E-state index in [0.717, 1.165) is 28.3 Å². The molecule has 5 nitrogen and oxygen atoms in total. The van der Waals surface area contributed by atoms with Crippen LogP contribution in [0.3, 0.4) is 0 Å². The summed E-state index contributed by atoms with van der Waals surface area (Å²) in [5.74, 6) is 1.32. The lowest BCUT2D eigenvalue weighted by molar-refractivity contribution is 0.271. The first-order chi connectivity index (χ1) is 13.5. The lowest BCUT2D eigenvalue weighted by Gasteiger charge is -2.14. The molecule has 0 spiro atoms. The van der Waals surface area contributed by atoms with Crippen molar-refractivity contribution in [2.75, 3.05) is 25.6 Å². The Kier molecular flexibility index (Phi) is 6.37. The third kappa shape index (κ3) is 4.93. The number of aliphatic hydroxyl groups excluding tert-OH is 1. The van der Waals surface area contributed by atoms with Crippen LogP contribution >= 0.6 is 0 Å². The van der Waals surface area contributed by atoms with Crippen LogP contribution in [0, 0.1) is 5.92 Å². The van der Waals surface area contributed by atoms with Crippen molar-refractivity contribution in [1.82, 2.24) is 9.78 Å². The van der Waals surface area contributed by atoms with Crippen molar-refractivity contribution >= 4 is 5.69 Å². The molecule has 0 aliphatic carbocycles. The van der Waals surface area contributed by atoms with E-state index in [1.54, 1.807) is 0 Å². The zero-order valence-corrected chi connectivity index (χ0v) is 17.1. The molecule has 3 rings (SSSR count). The summed E-state index contributed by atoms with van der Waals surface area (Å²) in [5.41, 5.74) is 4.98. The van der Waals surface area contributed by atoms with Crippen LogP contribution in [0.4, 0.5) is 5.69 Å². The van der Waals surface area contributed by atoms with E-state index < -0.39 is 0 Å². The second kappa shape index (κ2) is 8.93. The Morgan fingerprint density at radius 3 is 2.46 bits per heavy atom. The van der Waals surface area contributed by atoms with Crippen molar-refractivity contribution in [3.63, 3.8) is 0 Å². The molecule has 0 atom stereocenters. The first kappa shape index (κ1) is 20.0. The maximum atomic E-state index is 9.58. The first-order valence-electron chi connectivity index (χ1n) is 9.63. The van der Waals surface area contributed by atoms with Gasteiger partial charge in [0, 0.05) is 25.3 Å². The summed E-state index contributed by atoms with van der Waals surface area (Å²) in [7, 11) is 4.06. The molecule has 148 valence electrons. The zero-order chi connectivity index (χ0) is 20.1. The Morgan fingerprint density at radius 1 is 1.07 bits per heavy atom. The van der Waals surface area contributed by atoms with Crippen molar-refractivity contribution in [2.24, 2.45) is 5.92 Å². The zero-order valence-electron chi connectivity index (χ0n) is 17.1. The molecule has 0 saturated heterocycles. The fraction of sp³-hybridized carbons (Fsp3) is 0.348. The van der Waals surface area contributed by atoms with E-state index in [0.29, 0.717) is 24.8 Å². The van der Waals surface area contributed by atoms with Crippen molar-refractivity contribution in [3.8, 4) is 17.0 Å². The SMILES string of the molecule is CC(C)COc1cccc(-c2cc(CO)nn2Cc2ccc(N(C)C)cc2)c1. The molecule has 0 unspecified atom stereocenters. The predicted molar refractivity (Wildman–Crippen MR) is 114 cm³/mol. The van der Waals surface area contributed by atoms with Crippen LogP contribution in [0.5, 0.6) is 5.75 Å². The van der Waals surface area contributed by atoms with Gasteiger partial charge in [0.15, 0.2) is 0 Å². The normalized spacial score (nSPS) is 11.1. The van der Waals surface area contributed by atoms with Gasteiger partial charge < -0.3 is 14.7 Å². The van der Waals surface area contributed by atoms with Crippen LogP contribution in [-0.2, 0) is 13.2 Å². The Labute approximate surface area is 167 Å². The molecule has 0 saturated carbocycles. The third-order valence-corrected chi connectivity index (χ3v) is 4.49. The number of aliphatic hydroxyl groups is 1. The van der Waals surface area contributed by atoms with Gasteiger partial charge in [0.2, 0.25) is 0 Å². The molecule has 0 aliphatic rings. The highest BCUT2D eigenvalue weighted by atomic mass is 16.5. The largest absolute Gasteiger partial charge is 0.493 e. The van der Waals surface area contributed by atoms with Crippen LogP contribution in [0.1, 0.15) is 25.1 Å². The quantitative estimate of drug-likeness (QED) is 0.638. The van der Waals surface area contributed by atoms with Crippen LogP contribution in [0.2, 0.25) is 0 Å². The minimum atomic E-state index is -0.0803. The lowest BCUT2D eigenvalue weighted by Crippen LogP contribution is -2.09. The summed E-state index contributed by atoms with van der Waals surface area (Å²) in [6.45, 7) is 5.51. The highest BCUT2D eigenvalue weighted by Gasteiger charge is 2.12. The molecule has 0 fully saturated rings. The topological polar surface area (TPSA) is 50.5 Å². The Morgan fingerprint density at radius 2 is 1.82 bits per heavy atom. The smallest absolute Gasteiger partial charge is 0.119 e. The fourth-order valence-electron chi connectivity index (χ4n) is 2.98. The highest BCUT2D eigenvalue weighted by molar-refractivity contribution is 5.62. The van der Waals surface area contributed by atoms with E-state index in [-0.39, 0.29) is 6.61 Å². The Bertz CT molecular complexity index is 898. The van der Waals surface area contributed by atoms with Crippen LogP contribution in [0.15, 0.2) is 54.6 Å². The summed E-state index contributed by atoms with van der Waals surface area (Å²) in [6, 6.07) is 18.4. The molecular formula is C23H29N3O2. The molecule has 0 bridgehead atoms. The number of aromatic nitrogens is 2. The third-order valence-electron chi connectivity index (χ3n) is 4.49. The van der Waals surface area contributed by atoms with E-state index in [1.165, 1.54) is 0 Å². The molecule has 5 heteroatoms.